The van der Waals surface area contributed by atoms with E-state index in [4.69, 9.17) is 4.98 Å². The van der Waals surface area contributed by atoms with Crippen molar-refractivity contribution >= 4 is 5.82 Å². The zero-order valence-corrected chi connectivity index (χ0v) is 14.0. The number of hydrogen-bond donors (Lipinski definition) is 1. The summed E-state index contributed by atoms with van der Waals surface area (Å²) in [4.78, 5) is 7.09. The van der Waals surface area contributed by atoms with Crippen molar-refractivity contribution in [1.29, 1.82) is 0 Å². The topological polar surface area (TPSA) is 28.2 Å². The summed E-state index contributed by atoms with van der Waals surface area (Å²) in [5.41, 5.74) is 2.51. The number of anilines is 1. The highest BCUT2D eigenvalue weighted by Crippen LogP contribution is 2.18. The minimum absolute atomic E-state index is 0.508. The summed E-state index contributed by atoms with van der Waals surface area (Å²) in [5, 5.41) is 3.49. The number of hydrogen-bond acceptors (Lipinski definition) is 3. The molecular formula is C17H31N3. The van der Waals surface area contributed by atoms with Gasteiger partial charge in [-0.15, -0.1) is 0 Å². The lowest BCUT2D eigenvalue weighted by Crippen LogP contribution is -2.30. The first-order chi connectivity index (χ1) is 9.47. The van der Waals surface area contributed by atoms with Crippen LogP contribution in [0.1, 0.15) is 58.7 Å². The van der Waals surface area contributed by atoms with Crippen LogP contribution in [0.4, 0.5) is 5.82 Å². The van der Waals surface area contributed by atoms with Gasteiger partial charge in [-0.1, -0.05) is 34.1 Å². The van der Waals surface area contributed by atoms with E-state index < -0.39 is 0 Å². The maximum atomic E-state index is 4.78. The molecule has 0 aliphatic carbocycles. The Labute approximate surface area is 124 Å². The first-order valence-electron chi connectivity index (χ1n) is 7.93. The van der Waals surface area contributed by atoms with Crippen molar-refractivity contribution in [1.82, 2.24) is 10.3 Å². The molecule has 114 valence electrons. The van der Waals surface area contributed by atoms with E-state index in [0.29, 0.717) is 12.1 Å². The molecule has 3 nitrogen and oxygen atoms in total. The molecule has 0 saturated heterocycles. The number of aryl methyl sites for hydroxylation is 1. The van der Waals surface area contributed by atoms with Crippen LogP contribution in [-0.2, 0) is 13.0 Å². The van der Waals surface area contributed by atoms with Crippen LogP contribution in [0.2, 0.25) is 0 Å². The lowest BCUT2D eigenvalue weighted by Gasteiger charge is -2.26. The Hall–Kier alpha value is -1.09. The molecule has 0 aliphatic rings. The molecule has 20 heavy (non-hydrogen) atoms. The van der Waals surface area contributed by atoms with Gasteiger partial charge in [-0.2, -0.15) is 0 Å². The highest BCUT2D eigenvalue weighted by Gasteiger charge is 2.12. The van der Waals surface area contributed by atoms with Crippen molar-refractivity contribution in [3.63, 3.8) is 0 Å². The Morgan fingerprint density at radius 3 is 2.45 bits per heavy atom. The molecular weight excluding hydrogens is 246 g/mol. The van der Waals surface area contributed by atoms with Gasteiger partial charge in [0.1, 0.15) is 5.82 Å². The van der Waals surface area contributed by atoms with Crippen molar-refractivity contribution in [3.05, 3.63) is 23.4 Å². The summed E-state index contributed by atoms with van der Waals surface area (Å²) in [6.07, 6.45) is 3.40. The molecule has 0 spiro atoms. The molecule has 0 fully saturated rings. The van der Waals surface area contributed by atoms with Gasteiger partial charge in [0.25, 0.3) is 0 Å². The van der Waals surface area contributed by atoms with Gasteiger partial charge < -0.3 is 10.2 Å². The molecule has 1 unspecified atom stereocenters. The van der Waals surface area contributed by atoms with Crippen LogP contribution in [0.15, 0.2) is 12.1 Å². The number of nitrogens with zero attached hydrogens (tertiary/aromatic N) is 2. The molecule has 1 aromatic heterocycles. The third-order valence-electron chi connectivity index (χ3n) is 3.73. The average molecular weight is 277 g/mol. The van der Waals surface area contributed by atoms with E-state index in [2.05, 4.69) is 64.0 Å². The Bertz CT molecular complexity index is 401. The molecule has 0 aromatic carbocycles. The third kappa shape index (κ3) is 5.12. The molecule has 0 aliphatic heterocycles. The van der Waals surface area contributed by atoms with Gasteiger partial charge in [0, 0.05) is 31.4 Å². The van der Waals surface area contributed by atoms with Crippen LogP contribution in [0.25, 0.3) is 0 Å². The summed E-state index contributed by atoms with van der Waals surface area (Å²) in [5.74, 6) is 1.10. The first-order valence-corrected chi connectivity index (χ1v) is 7.93. The molecule has 0 bridgehead atoms. The number of rotatable bonds is 8. The Morgan fingerprint density at radius 1 is 1.20 bits per heavy atom. The minimum Gasteiger partial charge on any atom is -0.357 e. The molecule has 1 atom stereocenters. The third-order valence-corrected chi connectivity index (χ3v) is 3.73. The second kappa shape index (κ2) is 8.25. The first kappa shape index (κ1) is 17.0. The standard InChI is InChI=1S/C17H31N3/c1-7-9-14(5)20(6)17-11-15(12-18-13(3)4)10-16(8-2)19-17/h10-11,13-14,18H,7-9,12H2,1-6H3. The summed E-state index contributed by atoms with van der Waals surface area (Å²) < 4.78 is 0. The molecule has 0 amide bonds. The highest BCUT2D eigenvalue weighted by atomic mass is 15.2. The van der Waals surface area contributed by atoms with E-state index in [0.717, 1.165) is 18.8 Å². The summed E-state index contributed by atoms with van der Waals surface area (Å²) in [6.45, 7) is 11.9. The van der Waals surface area contributed by atoms with Crippen LogP contribution in [0.5, 0.6) is 0 Å². The van der Waals surface area contributed by atoms with E-state index in [1.54, 1.807) is 0 Å². The van der Waals surface area contributed by atoms with Gasteiger partial charge in [0.2, 0.25) is 0 Å². The Kier molecular flexibility index (Phi) is 7.00. The second-order valence-electron chi connectivity index (χ2n) is 5.96. The van der Waals surface area contributed by atoms with Gasteiger partial charge in [0.15, 0.2) is 0 Å². The predicted octanol–water partition coefficient (Wildman–Crippen LogP) is 3.77. The number of aromatic nitrogens is 1. The number of nitrogens with one attached hydrogen (secondary N) is 1. The lowest BCUT2D eigenvalue weighted by atomic mass is 10.1. The molecule has 1 rings (SSSR count). The van der Waals surface area contributed by atoms with E-state index in [1.165, 1.54) is 24.1 Å². The smallest absolute Gasteiger partial charge is 0.129 e. The molecule has 1 N–H and O–H groups in total. The zero-order valence-electron chi connectivity index (χ0n) is 14.0. The largest absolute Gasteiger partial charge is 0.357 e. The van der Waals surface area contributed by atoms with Crippen LogP contribution in [0.3, 0.4) is 0 Å². The Balaban J connectivity index is 2.91. The van der Waals surface area contributed by atoms with Crippen molar-refractivity contribution in [2.45, 2.75) is 72.5 Å². The average Bonchev–Trinajstić information content (AvgIpc) is 2.44. The predicted molar refractivity (Wildman–Crippen MR) is 88.4 cm³/mol. The van der Waals surface area contributed by atoms with Crippen molar-refractivity contribution in [2.75, 3.05) is 11.9 Å². The molecule has 1 aromatic rings. The van der Waals surface area contributed by atoms with Crippen LogP contribution < -0.4 is 10.2 Å². The second-order valence-corrected chi connectivity index (χ2v) is 5.96. The zero-order chi connectivity index (χ0) is 15.1. The van der Waals surface area contributed by atoms with Crippen LogP contribution >= 0.6 is 0 Å². The van der Waals surface area contributed by atoms with E-state index >= 15 is 0 Å². The fourth-order valence-corrected chi connectivity index (χ4v) is 2.26. The quantitative estimate of drug-likeness (QED) is 0.784. The molecule has 3 heteroatoms. The SMILES string of the molecule is CCCC(C)N(C)c1cc(CNC(C)C)cc(CC)n1. The summed E-state index contributed by atoms with van der Waals surface area (Å²) in [6, 6.07) is 5.48. The van der Waals surface area contributed by atoms with Crippen LogP contribution in [0, 0.1) is 0 Å². The van der Waals surface area contributed by atoms with Gasteiger partial charge >= 0.3 is 0 Å². The van der Waals surface area contributed by atoms with Gasteiger partial charge in [-0.3, -0.25) is 0 Å². The maximum Gasteiger partial charge on any atom is 0.129 e. The summed E-state index contributed by atoms with van der Waals surface area (Å²) in [7, 11) is 2.15. The van der Waals surface area contributed by atoms with Crippen molar-refractivity contribution in [2.24, 2.45) is 0 Å². The van der Waals surface area contributed by atoms with E-state index in [1.807, 2.05) is 0 Å². The van der Waals surface area contributed by atoms with E-state index in [9.17, 15) is 0 Å². The van der Waals surface area contributed by atoms with Crippen LogP contribution in [-0.4, -0.2) is 24.1 Å². The lowest BCUT2D eigenvalue weighted by molar-refractivity contribution is 0.586. The van der Waals surface area contributed by atoms with Crippen molar-refractivity contribution in [3.8, 4) is 0 Å². The molecule has 0 saturated carbocycles. The fourth-order valence-electron chi connectivity index (χ4n) is 2.26. The number of pyridine rings is 1. The Morgan fingerprint density at radius 2 is 1.90 bits per heavy atom. The molecule has 0 radical (unpaired) electrons. The highest BCUT2D eigenvalue weighted by molar-refractivity contribution is 5.43. The monoisotopic (exact) mass is 277 g/mol. The van der Waals surface area contributed by atoms with Gasteiger partial charge in [0.05, 0.1) is 0 Å². The normalized spacial score (nSPS) is 12.8. The summed E-state index contributed by atoms with van der Waals surface area (Å²) >= 11 is 0. The van der Waals surface area contributed by atoms with Gasteiger partial charge in [-0.25, -0.2) is 4.98 Å². The maximum absolute atomic E-state index is 4.78. The van der Waals surface area contributed by atoms with Crippen molar-refractivity contribution < 1.29 is 0 Å². The van der Waals surface area contributed by atoms with E-state index in [-0.39, 0.29) is 0 Å². The van der Waals surface area contributed by atoms with Gasteiger partial charge in [-0.05, 0) is 37.5 Å². The molecule has 1 heterocycles. The fraction of sp³-hybridized carbons (Fsp3) is 0.706. The minimum atomic E-state index is 0.508.